The maximum Gasteiger partial charge on any atom is 0.271 e. The zero-order chi connectivity index (χ0) is 23.6. The van der Waals surface area contributed by atoms with E-state index in [1.54, 1.807) is 13.3 Å². The average Bonchev–Trinajstić information content (AvgIpc) is 2.73. The van der Waals surface area contributed by atoms with Gasteiger partial charge in [0.15, 0.2) is 0 Å². The number of nitrogens with zero attached hydrogens (tertiary/aromatic N) is 2. The first-order valence-corrected chi connectivity index (χ1v) is 12.2. The molecule has 0 saturated heterocycles. The summed E-state index contributed by atoms with van der Waals surface area (Å²) in [5.74, 6) is 0.761. The van der Waals surface area contributed by atoms with Crippen molar-refractivity contribution < 1.29 is 14.6 Å². The molecule has 2 aromatic carbocycles. The summed E-state index contributed by atoms with van der Waals surface area (Å²) in [5, 5.41) is 14.0. The highest BCUT2D eigenvalue weighted by Crippen LogP contribution is 2.45. The fraction of sp³-hybridized carbons (Fsp3) is 0.417. The molecule has 32 heavy (non-hydrogen) atoms. The summed E-state index contributed by atoms with van der Waals surface area (Å²) in [6.07, 6.45) is 3.74. The van der Waals surface area contributed by atoms with Crippen LogP contribution in [-0.2, 0) is 0 Å². The fourth-order valence-electron chi connectivity index (χ4n) is 4.37. The number of phenols is 1. The molecule has 1 atom stereocenters. The predicted octanol–water partition coefficient (Wildman–Crippen LogP) is 6.19. The second-order valence-electron chi connectivity index (χ2n) is 8.71. The van der Waals surface area contributed by atoms with E-state index in [2.05, 4.69) is 87.1 Å². The monoisotopic (exact) mass is 565 g/mol. The van der Waals surface area contributed by atoms with E-state index in [9.17, 15) is 9.90 Å². The van der Waals surface area contributed by atoms with E-state index in [-0.39, 0.29) is 17.2 Å². The molecule has 1 unspecified atom stereocenters. The number of carbonyl (C=O) groups is 1. The van der Waals surface area contributed by atoms with E-state index in [4.69, 9.17) is 4.74 Å². The van der Waals surface area contributed by atoms with Gasteiger partial charge in [-0.1, -0.05) is 13.8 Å². The molecule has 0 radical (unpaired) electrons. The van der Waals surface area contributed by atoms with Gasteiger partial charge in [-0.25, -0.2) is 5.43 Å². The number of hydrogen-bond acceptors (Lipinski definition) is 5. The summed E-state index contributed by atoms with van der Waals surface area (Å²) in [6.45, 7) is 10.0. The molecule has 0 aromatic heterocycles. The Morgan fingerprint density at radius 1 is 1.31 bits per heavy atom. The molecule has 0 fully saturated rings. The van der Waals surface area contributed by atoms with Crippen LogP contribution >= 0.6 is 31.9 Å². The molecular formula is C24H29Br2N3O3. The van der Waals surface area contributed by atoms with Crippen LogP contribution in [0.3, 0.4) is 0 Å². The first-order valence-electron chi connectivity index (χ1n) is 10.6. The summed E-state index contributed by atoms with van der Waals surface area (Å²) in [4.78, 5) is 15.0. The second-order valence-corrected chi connectivity index (χ2v) is 10.4. The predicted molar refractivity (Wildman–Crippen MR) is 136 cm³/mol. The average molecular weight is 567 g/mol. The molecule has 0 bridgehead atoms. The first kappa shape index (κ1) is 24.6. The largest absolute Gasteiger partial charge is 0.506 e. The van der Waals surface area contributed by atoms with Gasteiger partial charge in [0.1, 0.15) is 11.5 Å². The molecule has 2 N–H and O–H groups in total. The molecule has 1 amide bonds. The van der Waals surface area contributed by atoms with Crippen molar-refractivity contribution >= 4 is 49.7 Å². The standard InChI is InChI=1S/C24H29Br2N3O3/c1-6-7-29-20-11-21(32-5)16(8-17(20)14(2)12-24(29,3)4)13-27-28-23(31)15-9-18(25)22(30)19(26)10-15/h8-11,13-14,30H,6-7,12H2,1-5H3,(H,28,31)/b27-13-. The van der Waals surface area contributed by atoms with Gasteiger partial charge in [0, 0.05) is 35.0 Å². The second kappa shape index (κ2) is 9.83. The maximum atomic E-state index is 12.5. The van der Waals surface area contributed by atoms with Gasteiger partial charge in [-0.15, -0.1) is 0 Å². The molecule has 0 spiro atoms. The highest BCUT2D eigenvalue weighted by molar-refractivity contribution is 9.11. The van der Waals surface area contributed by atoms with Crippen molar-refractivity contribution in [1.29, 1.82) is 0 Å². The molecule has 1 aliphatic heterocycles. The van der Waals surface area contributed by atoms with Gasteiger partial charge in [-0.2, -0.15) is 5.10 Å². The van der Waals surface area contributed by atoms with Gasteiger partial charge in [0.25, 0.3) is 5.91 Å². The Balaban J connectivity index is 1.88. The molecule has 8 heteroatoms. The van der Waals surface area contributed by atoms with Crippen molar-refractivity contribution in [3.8, 4) is 11.5 Å². The third kappa shape index (κ3) is 4.96. The quantitative estimate of drug-likeness (QED) is 0.323. The number of hydrogen-bond donors (Lipinski definition) is 2. The summed E-state index contributed by atoms with van der Waals surface area (Å²) < 4.78 is 6.50. The van der Waals surface area contributed by atoms with Gasteiger partial charge >= 0.3 is 0 Å². The summed E-state index contributed by atoms with van der Waals surface area (Å²) in [6, 6.07) is 7.27. The smallest absolute Gasteiger partial charge is 0.271 e. The molecular weight excluding hydrogens is 538 g/mol. The molecule has 0 aliphatic carbocycles. The topological polar surface area (TPSA) is 74.2 Å². The van der Waals surface area contributed by atoms with Gasteiger partial charge in [0.2, 0.25) is 0 Å². The van der Waals surface area contributed by atoms with Crippen LogP contribution in [0.15, 0.2) is 38.3 Å². The van der Waals surface area contributed by atoms with Gasteiger partial charge in [0.05, 0.1) is 22.3 Å². The Morgan fingerprint density at radius 3 is 2.56 bits per heavy atom. The van der Waals surface area contributed by atoms with Crippen molar-refractivity contribution in [1.82, 2.24) is 5.43 Å². The maximum absolute atomic E-state index is 12.5. The molecule has 3 rings (SSSR count). The van der Waals surface area contributed by atoms with Crippen molar-refractivity contribution in [2.45, 2.75) is 52.0 Å². The minimum absolute atomic E-state index is 0.0401. The van der Waals surface area contributed by atoms with Crippen LogP contribution in [0.4, 0.5) is 5.69 Å². The van der Waals surface area contributed by atoms with E-state index < -0.39 is 0 Å². The van der Waals surface area contributed by atoms with E-state index >= 15 is 0 Å². The lowest BCUT2D eigenvalue weighted by Crippen LogP contribution is -2.48. The summed E-state index contributed by atoms with van der Waals surface area (Å²) >= 11 is 6.47. The normalized spacial score (nSPS) is 17.3. The third-order valence-electron chi connectivity index (χ3n) is 5.83. The first-order chi connectivity index (χ1) is 15.1. The number of amides is 1. The highest BCUT2D eigenvalue weighted by Gasteiger charge is 2.36. The molecule has 1 aliphatic rings. The molecule has 0 saturated carbocycles. The zero-order valence-corrected chi connectivity index (χ0v) is 22.2. The molecule has 1 heterocycles. The zero-order valence-electron chi connectivity index (χ0n) is 19.0. The highest BCUT2D eigenvalue weighted by atomic mass is 79.9. The van der Waals surface area contributed by atoms with Crippen LogP contribution in [0, 0.1) is 0 Å². The number of phenolic OH excluding ortho intramolecular Hbond substituents is 1. The van der Waals surface area contributed by atoms with Crippen LogP contribution in [0.25, 0.3) is 0 Å². The fourth-order valence-corrected chi connectivity index (χ4v) is 5.56. The van der Waals surface area contributed by atoms with Crippen molar-refractivity contribution in [2.75, 3.05) is 18.6 Å². The number of aromatic hydroxyl groups is 1. The van der Waals surface area contributed by atoms with Crippen molar-refractivity contribution in [3.05, 3.63) is 49.9 Å². The number of ether oxygens (including phenoxy) is 1. The van der Waals surface area contributed by atoms with Crippen LogP contribution in [0.2, 0.25) is 0 Å². The lowest BCUT2D eigenvalue weighted by Gasteiger charge is -2.47. The molecule has 172 valence electrons. The number of hydrazone groups is 1. The van der Waals surface area contributed by atoms with E-state index in [0.29, 0.717) is 26.2 Å². The van der Waals surface area contributed by atoms with Gasteiger partial charge < -0.3 is 14.7 Å². The Morgan fingerprint density at radius 2 is 1.97 bits per heavy atom. The van der Waals surface area contributed by atoms with E-state index in [0.717, 1.165) is 24.9 Å². The molecule has 2 aromatic rings. The Kier molecular flexibility index (Phi) is 7.55. The summed E-state index contributed by atoms with van der Waals surface area (Å²) in [5.41, 5.74) is 6.25. The lowest BCUT2D eigenvalue weighted by atomic mass is 9.79. The van der Waals surface area contributed by atoms with Crippen LogP contribution in [0.1, 0.15) is 67.9 Å². The van der Waals surface area contributed by atoms with Crippen LogP contribution < -0.4 is 15.1 Å². The summed E-state index contributed by atoms with van der Waals surface area (Å²) in [7, 11) is 1.64. The number of carbonyl (C=O) groups excluding carboxylic acids is 1. The molecule has 6 nitrogen and oxygen atoms in total. The Hall–Kier alpha value is -2.06. The minimum atomic E-state index is -0.385. The van der Waals surface area contributed by atoms with Gasteiger partial charge in [-0.05, 0) is 88.2 Å². The van der Waals surface area contributed by atoms with Crippen molar-refractivity contribution in [3.63, 3.8) is 0 Å². The number of fused-ring (bicyclic) bond motifs is 1. The minimum Gasteiger partial charge on any atom is -0.506 e. The Labute approximate surface area is 206 Å². The lowest BCUT2D eigenvalue weighted by molar-refractivity contribution is 0.0955. The number of halogens is 2. The Bertz CT molecular complexity index is 1030. The van der Waals surface area contributed by atoms with E-state index in [1.807, 2.05) is 0 Å². The number of rotatable bonds is 6. The number of benzene rings is 2. The van der Waals surface area contributed by atoms with Crippen LogP contribution in [0.5, 0.6) is 11.5 Å². The van der Waals surface area contributed by atoms with Crippen LogP contribution in [-0.4, -0.2) is 36.4 Å². The van der Waals surface area contributed by atoms with Crippen molar-refractivity contribution in [2.24, 2.45) is 5.10 Å². The number of methoxy groups -OCH3 is 1. The SMILES string of the molecule is CCCN1c2cc(OC)c(/C=N\NC(=O)c3cc(Br)c(O)c(Br)c3)cc2C(C)CC1(C)C. The van der Waals surface area contributed by atoms with Gasteiger partial charge in [-0.3, -0.25) is 4.79 Å². The number of anilines is 1. The third-order valence-corrected chi connectivity index (χ3v) is 7.04. The van der Waals surface area contributed by atoms with E-state index in [1.165, 1.54) is 23.4 Å². The number of nitrogens with one attached hydrogen (secondary N) is 1.